The fourth-order valence-electron chi connectivity index (χ4n) is 1.46. The highest BCUT2D eigenvalue weighted by atomic mass is 16.5. The summed E-state index contributed by atoms with van der Waals surface area (Å²) in [6.45, 7) is 6.85. The van der Waals surface area contributed by atoms with Crippen LogP contribution in [0.4, 0.5) is 0 Å². The Bertz CT molecular complexity index is 183. The Hall–Kier alpha value is -0.610. The van der Waals surface area contributed by atoms with E-state index >= 15 is 0 Å². The summed E-state index contributed by atoms with van der Waals surface area (Å²) in [4.78, 5) is 11.9. The molecule has 0 aromatic rings. The molecule has 15 heavy (non-hydrogen) atoms. The molecule has 1 unspecified atom stereocenters. The highest BCUT2D eigenvalue weighted by Crippen LogP contribution is 2.24. The standard InChI is InChI=1S/C11H24N2O2/c1-5-11(6-2,8-12)10(14)13-7-9(3)15-4/h9H,5-8,12H2,1-4H3,(H,13,14). The van der Waals surface area contributed by atoms with E-state index < -0.39 is 5.41 Å². The molecule has 3 N–H and O–H groups in total. The summed E-state index contributed by atoms with van der Waals surface area (Å²) in [6.07, 6.45) is 1.58. The number of amides is 1. The second-order valence-electron chi connectivity index (χ2n) is 3.95. The van der Waals surface area contributed by atoms with Gasteiger partial charge in [0.1, 0.15) is 0 Å². The van der Waals surface area contributed by atoms with Crippen molar-refractivity contribution >= 4 is 5.91 Å². The minimum Gasteiger partial charge on any atom is -0.380 e. The summed E-state index contributed by atoms with van der Waals surface area (Å²) in [5.74, 6) is 0.0406. The van der Waals surface area contributed by atoms with E-state index in [2.05, 4.69) is 5.32 Å². The van der Waals surface area contributed by atoms with Gasteiger partial charge in [-0.1, -0.05) is 13.8 Å². The molecule has 0 aromatic carbocycles. The maximum atomic E-state index is 11.9. The van der Waals surface area contributed by atoms with Crippen LogP contribution >= 0.6 is 0 Å². The summed E-state index contributed by atoms with van der Waals surface area (Å²) < 4.78 is 5.07. The second-order valence-corrected chi connectivity index (χ2v) is 3.95. The van der Waals surface area contributed by atoms with E-state index in [1.54, 1.807) is 7.11 Å². The zero-order valence-electron chi connectivity index (χ0n) is 10.3. The first-order chi connectivity index (χ1) is 7.06. The lowest BCUT2D eigenvalue weighted by atomic mass is 9.81. The van der Waals surface area contributed by atoms with Gasteiger partial charge >= 0.3 is 0 Å². The van der Waals surface area contributed by atoms with Crippen molar-refractivity contribution in [1.82, 2.24) is 5.32 Å². The fraction of sp³-hybridized carbons (Fsp3) is 0.909. The van der Waals surface area contributed by atoms with Gasteiger partial charge in [0.2, 0.25) is 5.91 Å². The first-order valence-electron chi connectivity index (χ1n) is 5.57. The number of hydrogen-bond donors (Lipinski definition) is 2. The van der Waals surface area contributed by atoms with E-state index in [1.807, 2.05) is 20.8 Å². The van der Waals surface area contributed by atoms with Crippen LogP contribution in [0.15, 0.2) is 0 Å². The number of nitrogens with one attached hydrogen (secondary N) is 1. The van der Waals surface area contributed by atoms with Crippen molar-refractivity contribution < 1.29 is 9.53 Å². The van der Waals surface area contributed by atoms with Gasteiger partial charge in [-0.3, -0.25) is 4.79 Å². The van der Waals surface area contributed by atoms with E-state index in [1.165, 1.54) is 0 Å². The van der Waals surface area contributed by atoms with Crippen LogP contribution in [-0.4, -0.2) is 32.2 Å². The van der Waals surface area contributed by atoms with Crippen molar-refractivity contribution in [3.05, 3.63) is 0 Å². The van der Waals surface area contributed by atoms with Crippen molar-refractivity contribution in [3.8, 4) is 0 Å². The van der Waals surface area contributed by atoms with Crippen molar-refractivity contribution in [2.45, 2.75) is 39.7 Å². The van der Waals surface area contributed by atoms with Crippen LogP contribution in [0.3, 0.4) is 0 Å². The number of ether oxygens (including phenoxy) is 1. The summed E-state index contributed by atoms with van der Waals surface area (Å²) >= 11 is 0. The molecule has 1 atom stereocenters. The Labute approximate surface area is 92.6 Å². The summed E-state index contributed by atoms with van der Waals surface area (Å²) in [5.41, 5.74) is 5.27. The van der Waals surface area contributed by atoms with Crippen molar-refractivity contribution in [2.75, 3.05) is 20.2 Å². The van der Waals surface area contributed by atoms with Gasteiger partial charge in [0.15, 0.2) is 0 Å². The van der Waals surface area contributed by atoms with Crippen LogP contribution in [0.5, 0.6) is 0 Å². The normalized spacial score (nSPS) is 13.7. The van der Waals surface area contributed by atoms with Crippen LogP contribution in [0, 0.1) is 5.41 Å². The third-order valence-electron chi connectivity index (χ3n) is 3.18. The Morgan fingerprint density at radius 1 is 1.47 bits per heavy atom. The summed E-state index contributed by atoms with van der Waals surface area (Å²) in [5, 5.41) is 2.88. The van der Waals surface area contributed by atoms with E-state index in [-0.39, 0.29) is 12.0 Å². The fourth-order valence-corrected chi connectivity index (χ4v) is 1.46. The van der Waals surface area contributed by atoms with Crippen LogP contribution < -0.4 is 11.1 Å². The third-order valence-corrected chi connectivity index (χ3v) is 3.18. The lowest BCUT2D eigenvalue weighted by Crippen LogP contribution is -2.47. The molecule has 90 valence electrons. The molecule has 0 saturated heterocycles. The number of rotatable bonds is 7. The second kappa shape index (κ2) is 6.80. The van der Waals surface area contributed by atoms with Gasteiger partial charge in [-0.15, -0.1) is 0 Å². The molecule has 0 saturated carbocycles. The minimum atomic E-state index is -0.409. The molecule has 0 rings (SSSR count). The van der Waals surface area contributed by atoms with Gasteiger partial charge in [-0.05, 0) is 19.8 Å². The maximum absolute atomic E-state index is 11.9. The smallest absolute Gasteiger partial charge is 0.227 e. The Morgan fingerprint density at radius 2 is 2.00 bits per heavy atom. The molecule has 0 aromatic heterocycles. The zero-order chi connectivity index (χ0) is 11.9. The average Bonchev–Trinajstić information content (AvgIpc) is 2.28. The number of carbonyl (C=O) groups is 1. The zero-order valence-corrected chi connectivity index (χ0v) is 10.3. The van der Waals surface area contributed by atoms with Crippen LogP contribution in [0.2, 0.25) is 0 Å². The predicted octanol–water partition coefficient (Wildman–Crippen LogP) is 0.903. The highest BCUT2D eigenvalue weighted by Gasteiger charge is 2.33. The molecule has 0 aliphatic rings. The highest BCUT2D eigenvalue weighted by molar-refractivity contribution is 5.82. The number of hydrogen-bond acceptors (Lipinski definition) is 3. The SMILES string of the molecule is CCC(CC)(CN)C(=O)NCC(C)OC. The van der Waals surface area contributed by atoms with Crippen molar-refractivity contribution in [2.24, 2.45) is 11.1 Å². The summed E-state index contributed by atoms with van der Waals surface area (Å²) in [6, 6.07) is 0. The van der Waals surface area contributed by atoms with Gasteiger partial charge in [0.05, 0.1) is 11.5 Å². The Balaban J connectivity index is 4.27. The molecule has 4 nitrogen and oxygen atoms in total. The molecule has 0 spiro atoms. The Morgan fingerprint density at radius 3 is 2.33 bits per heavy atom. The molecule has 0 aliphatic heterocycles. The van der Waals surface area contributed by atoms with Crippen molar-refractivity contribution in [3.63, 3.8) is 0 Å². The molecular formula is C11H24N2O2. The molecule has 0 aliphatic carbocycles. The van der Waals surface area contributed by atoms with E-state index in [9.17, 15) is 4.79 Å². The first kappa shape index (κ1) is 14.4. The molecule has 0 radical (unpaired) electrons. The van der Waals surface area contributed by atoms with Crippen molar-refractivity contribution in [1.29, 1.82) is 0 Å². The Kier molecular flexibility index (Phi) is 6.52. The van der Waals surface area contributed by atoms with Gasteiger partial charge in [-0.2, -0.15) is 0 Å². The largest absolute Gasteiger partial charge is 0.380 e. The average molecular weight is 216 g/mol. The molecule has 1 amide bonds. The van der Waals surface area contributed by atoms with Crippen LogP contribution in [-0.2, 0) is 9.53 Å². The van der Waals surface area contributed by atoms with Gasteiger partial charge in [0.25, 0.3) is 0 Å². The minimum absolute atomic E-state index is 0.0399. The van der Waals surface area contributed by atoms with E-state index in [0.717, 1.165) is 12.8 Å². The quantitative estimate of drug-likeness (QED) is 0.664. The molecule has 4 heteroatoms. The molecule has 0 bridgehead atoms. The third kappa shape index (κ3) is 3.80. The molecule has 0 heterocycles. The number of carbonyl (C=O) groups excluding carboxylic acids is 1. The first-order valence-corrected chi connectivity index (χ1v) is 5.57. The topological polar surface area (TPSA) is 64.4 Å². The van der Waals surface area contributed by atoms with Gasteiger partial charge < -0.3 is 15.8 Å². The van der Waals surface area contributed by atoms with E-state index in [0.29, 0.717) is 13.1 Å². The van der Waals surface area contributed by atoms with Gasteiger partial charge in [-0.25, -0.2) is 0 Å². The monoisotopic (exact) mass is 216 g/mol. The lowest BCUT2D eigenvalue weighted by molar-refractivity contribution is -0.131. The number of nitrogens with two attached hydrogens (primary N) is 1. The predicted molar refractivity (Wildman–Crippen MR) is 61.6 cm³/mol. The summed E-state index contributed by atoms with van der Waals surface area (Å²) in [7, 11) is 1.63. The molecule has 0 fully saturated rings. The van der Waals surface area contributed by atoms with E-state index in [4.69, 9.17) is 10.5 Å². The van der Waals surface area contributed by atoms with Crippen LogP contribution in [0.25, 0.3) is 0 Å². The maximum Gasteiger partial charge on any atom is 0.227 e. The van der Waals surface area contributed by atoms with Crippen LogP contribution in [0.1, 0.15) is 33.6 Å². The lowest BCUT2D eigenvalue weighted by Gasteiger charge is -2.29. The van der Waals surface area contributed by atoms with Gasteiger partial charge in [0, 0.05) is 20.2 Å². The molecular weight excluding hydrogens is 192 g/mol. The number of methoxy groups -OCH3 is 1.